The van der Waals surface area contributed by atoms with Crippen molar-refractivity contribution in [1.82, 2.24) is 0 Å². The van der Waals surface area contributed by atoms with E-state index in [0.717, 1.165) is 0 Å². The third-order valence-electron chi connectivity index (χ3n) is 1.62. The first-order valence-electron chi connectivity index (χ1n) is 4.40. The van der Waals surface area contributed by atoms with Crippen molar-refractivity contribution in [3.63, 3.8) is 0 Å². The molecule has 0 unspecified atom stereocenters. The summed E-state index contributed by atoms with van der Waals surface area (Å²) in [4.78, 5) is 14.6. The van der Waals surface area contributed by atoms with Crippen molar-refractivity contribution < 1.29 is 14.3 Å². The maximum absolute atomic E-state index is 11.3. The number of halogens is 2. The summed E-state index contributed by atoms with van der Waals surface area (Å²) < 4.78 is 11.1. The van der Waals surface area contributed by atoms with Gasteiger partial charge in [0.1, 0.15) is 6.61 Å². The highest BCUT2D eigenvalue weighted by molar-refractivity contribution is 14.1. The molecular formula is C11H7I2NO3. The third kappa shape index (κ3) is 4.16. The topological polar surface area (TPSA) is 39.9 Å². The molecule has 1 aromatic rings. The zero-order valence-corrected chi connectivity index (χ0v) is 12.9. The number of nitrogens with zero attached hydrogens (tertiary/aromatic N) is 1. The summed E-state index contributed by atoms with van der Waals surface area (Å²) >= 11 is 4.01. The summed E-state index contributed by atoms with van der Waals surface area (Å²) in [6.07, 6.45) is 0.676. The number of carbonyl (C=O) groups is 1. The standard InChI is InChI=1S/C11H7I2NO3/c1-3-4-16-11(15)17-10-8(12)5-7(14-2)6-9(10)13/h3,5-6H,1,4H2. The lowest BCUT2D eigenvalue weighted by molar-refractivity contribution is 0.109. The molecule has 0 fully saturated rings. The predicted octanol–water partition coefficient (Wildman–Crippen LogP) is 4.15. The second kappa shape index (κ2) is 6.80. The molecule has 0 bridgehead atoms. The second-order valence-corrected chi connectivity index (χ2v) is 5.13. The van der Waals surface area contributed by atoms with Gasteiger partial charge in [-0.15, -0.1) is 0 Å². The highest BCUT2D eigenvalue weighted by Crippen LogP contribution is 2.32. The van der Waals surface area contributed by atoms with E-state index in [1.165, 1.54) is 6.08 Å². The van der Waals surface area contributed by atoms with Crippen LogP contribution in [0.25, 0.3) is 4.85 Å². The normalized spacial score (nSPS) is 9.24. The smallest absolute Gasteiger partial charge is 0.430 e. The van der Waals surface area contributed by atoms with E-state index in [1.54, 1.807) is 12.1 Å². The second-order valence-electron chi connectivity index (χ2n) is 2.80. The number of carbonyl (C=O) groups excluding carboxylic acids is 1. The molecule has 0 aliphatic heterocycles. The van der Waals surface area contributed by atoms with E-state index in [1.807, 2.05) is 45.2 Å². The van der Waals surface area contributed by atoms with E-state index < -0.39 is 6.16 Å². The van der Waals surface area contributed by atoms with Crippen LogP contribution < -0.4 is 4.74 Å². The van der Waals surface area contributed by atoms with Gasteiger partial charge in [-0.1, -0.05) is 12.7 Å². The predicted molar refractivity (Wildman–Crippen MR) is 80.3 cm³/mol. The van der Waals surface area contributed by atoms with Crippen molar-refractivity contribution in [2.75, 3.05) is 6.61 Å². The monoisotopic (exact) mass is 455 g/mol. The quantitative estimate of drug-likeness (QED) is 0.226. The molecule has 17 heavy (non-hydrogen) atoms. The number of ether oxygens (including phenoxy) is 2. The maximum atomic E-state index is 11.3. The van der Waals surface area contributed by atoms with Crippen molar-refractivity contribution in [2.45, 2.75) is 0 Å². The summed E-state index contributed by atoms with van der Waals surface area (Å²) in [7, 11) is 0. The number of hydrogen-bond donors (Lipinski definition) is 0. The van der Waals surface area contributed by atoms with Gasteiger partial charge in [-0.2, -0.15) is 0 Å². The van der Waals surface area contributed by atoms with Gasteiger partial charge in [0.25, 0.3) is 0 Å². The van der Waals surface area contributed by atoms with Crippen LogP contribution >= 0.6 is 45.2 Å². The molecule has 0 aliphatic carbocycles. The lowest BCUT2D eigenvalue weighted by Crippen LogP contribution is -2.12. The Labute approximate surface area is 126 Å². The lowest BCUT2D eigenvalue weighted by atomic mass is 10.3. The van der Waals surface area contributed by atoms with Crippen molar-refractivity contribution >= 4 is 57.0 Å². The van der Waals surface area contributed by atoms with Gasteiger partial charge < -0.3 is 9.47 Å². The molecule has 0 saturated carbocycles. The van der Waals surface area contributed by atoms with Crippen molar-refractivity contribution in [2.24, 2.45) is 0 Å². The number of hydrogen-bond acceptors (Lipinski definition) is 3. The molecular weight excluding hydrogens is 448 g/mol. The molecule has 0 aromatic heterocycles. The van der Waals surface area contributed by atoms with Crippen LogP contribution in [0.15, 0.2) is 24.8 Å². The van der Waals surface area contributed by atoms with E-state index in [-0.39, 0.29) is 6.61 Å². The summed E-state index contributed by atoms with van der Waals surface area (Å²) in [6, 6.07) is 3.29. The molecule has 0 spiro atoms. The summed E-state index contributed by atoms with van der Waals surface area (Å²) in [6.45, 7) is 10.4. The zero-order valence-electron chi connectivity index (χ0n) is 8.57. The fourth-order valence-electron chi connectivity index (χ4n) is 0.948. The molecule has 88 valence electrons. The Bertz CT molecular complexity index is 471. The van der Waals surface area contributed by atoms with Gasteiger partial charge in [-0.25, -0.2) is 9.64 Å². The molecule has 6 heteroatoms. The molecule has 0 radical (unpaired) electrons. The molecule has 4 nitrogen and oxygen atoms in total. The SMILES string of the molecule is [C-]#[N+]c1cc(I)c(OC(=O)OCC=C)c(I)c1. The Morgan fingerprint density at radius 1 is 1.47 bits per heavy atom. The van der Waals surface area contributed by atoms with Gasteiger partial charge in [-0.3, -0.25) is 0 Å². The highest BCUT2D eigenvalue weighted by Gasteiger charge is 2.13. The average molecular weight is 455 g/mol. The molecule has 0 heterocycles. The van der Waals surface area contributed by atoms with E-state index in [4.69, 9.17) is 16.0 Å². The van der Waals surface area contributed by atoms with Crippen LogP contribution in [0.2, 0.25) is 0 Å². The van der Waals surface area contributed by atoms with Crippen molar-refractivity contribution in [3.05, 3.63) is 43.3 Å². The first-order chi connectivity index (χ1) is 8.08. The van der Waals surface area contributed by atoms with Gasteiger partial charge in [-0.05, 0) is 57.3 Å². The van der Waals surface area contributed by atoms with Crippen molar-refractivity contribution in [1.29, 1.82) is 0 Å². The Balaban J connectivity index is 2.89. The molecule has 0 atom stereocenters. The summed E-state index contributed by atoms with van der Waals surface area (Å²) in [5.74, 6) is 0.410. The third-order valence-corrected chi connectivity index (χ3v) is 3.22. The number of rotatable bonds is 3. The van der Waals surface area contributed by atoms with Gasteiger partial charge in [0.05, 0.1) is 6.57 Å². The summed E-state index contributed by atoms with van der Waals surface area (Å²) in [5.41, 5.74) is 0.505. The molecule has 0 amide bonds. The number of benzene rings is 1. The van der Waals surface area contributed by atoms with Crippen LogP contribution in [-0.2, 0) is 4.74 Å². The minimum atomic E-state index is -0.781. The summed E-state index contributed by atoms with van der Waals surface area (Å²) in [5, 5.41) is 0. The largest absolute Gasteiger partial charge is 0.514 e. The fourth-order valence-corrected chi connectivity index (χ4v) is 2.90. The van der Waals surface area contributed by atoms with Crippen LogP contribution in [0.3, 0.4) is 0 Å². The van der Waals surface area contributed by atoms with Gasteiger partial charge in [0, 0.05) is 7.14 Å². The van der Waals surface area contributed by atoms with Crippen molar-refractivity contribution in [3.8, 4) is 5.75 Å². The van der Waals surface area contributed by atoms with E-state index >= 15 is 0 Å². The van der Waals surface area contributed by atoms with Gasteiger partial charge >= 0.3 is 6.16 Å². The molecule has 1 rings (SSSR count). The average Bonchev–Trinajstić information content (AvgIpc) is 2.30. The first kappa shape index (κ1) is 14.2. The Kier molecular flexibility index (Phi) is 5.70. The Hall–Kier alpha value is -0.820. The molecule has 0 N–H and O–H groups in total. The molecule has 0 saturated heterocycles. The highest BCUT2D eigenvalue weighted by atomic mass is 127. The first-order valence-corrected chi connectivity index (χ1v) is 6.56. The Morgan fingerprint density at radius 3 is 2.53 bits per heavy atom. The van der Waals surface area contributed by atoms with Crippen LogP contribution in [0.5, 0.6) is 5.75 Å². The Morgan fingerprint density at radius 2 is 2.06 bits per heavy atom. The van der Waals surface area contributed by atoms with E-state index in [9.17, 15) is 4.79 Å². The van der Waals surface area contributed by atoms with Gasteiger partial charge in [0.2, 0.25) is 0 Å². The van der Waals surface area contributed by atoms with E-state index in [0.29, 0.717) is 18.6 Å². The van der Waals surface area contributed by atoms with Gasteiger partial charge in [0.15, 0.2) is 11.4 Å². The zero-order chi connectivity index (χ0) is 12.8. The lowest BCUT2D eigenvalue weighted by Gasteiger charge is -2.08. The fraction of sp³-hybridized carbons (Fsp3) is 0.0909. The minimum absolute atomic E-state index is 0.103. The van der Waals surface area contributed by atoms with E-state index in [2.05, 4.69) is 11.4 Å². The van der Waals surface area contributed by atoms with Crippen LogP contribution in [0, 0.1) is 13.7 Å². The molecule has 1 aromatic carbocycles. The molecule has 0 aliphatic rings. The van der Waals surface area contributed by atoms with Crippen LogP contribution in [0.4, 0.5) is 10.5 Å². The van der Waals surface area contributed by atoms with Crippen LogP contribution in [-0.4, -0.2) is 12.8 Å². The maximum Gasteiger partial charge on any atom is 0.514 e. The van der Waals surface area contributed by atoms with Crippen LogP contribution in [0.1, 0.15) is 0 Å². The minimum Gasteiger partial charge on any atom is -0.430 e.